The molecule has 0 fully saturated rings. The van der Waals surface area contributed by atoms with Gasteiger partial charge in [0.1, 0.15) is 0 Å². The van der Waals surface area contributed by atoms with Crippen LogP contribution in [0.15, 0.2) is 12.2 Å². The molecule has 0 radical (unpaired) electrons. The van der Waals surface area contributed by atoms with Gasteiger partial charge in [0.05, 0.1) is 13.5 Å². The predicted octanol–water partition coefficient (Wildman–Crippen LogP) is 0.701. The Bertz CT molecular complexity index is 154. The minimum Gasteiger partial charge on any atom is -0.469 e. The van der Waals surface area contributed by atoms with Crippen LogP contribution in [0.5, 0.6) is 0 Å². The van der Waals surface area contributed by atoms with Gasteiger partial charge in [0.15, 0.2) is 0 Å². The summed E-state index contributed by atoms with van der Waals surface area (Å²) in [5.41, 5.74) is 6.34. The second kappa shape index (κ2) is 4.91. The van der Waals surface area contributed by atoms with Crippen LogP contribution in [0.4, 0.5) is 0 Å². The first-order valence-corrected chi connectivity index (χ1v) is 3.54. The Morgan fingerprint density at radius 1 is 1.73 bits per heavy atom. The number of ether oxygens (including phenoxy) is 1. The summed E-state index contributed by atoms with van der Waals surface area (Å²) in [6.45, 7) is 6.04. The zero-order valence-corrected chi connectivity index (χ0v) is 7.09. The molecule has 0 saturated carbocycles. The van der Waals surface area contributed by atoms with Gasteiger partial charge in [-0.05, 0) is 13.5 Å². The maximum Gasteiger partial charge on any atom is 0.306 e. The van der Waals surface area contributed by atoms with E-state index in [9.17, 15) is 4.79 Å². The minimum absolute atomic E-state index is 0.0578. The lowest BCUT2D eigenvalue weighted by atomic mass is 9.99. The van der Waals surface area contributed by atoms with Crippen LogP contribution in [0.1, 0.15) is 13.3 Å². The number of carbonyl (C=O) groups is 1. The van der Waals surface area contributed by atoms with Gasteiger partial charge in [-0.15, -0.1) is 0 Å². The molecule has 0 rings (SSSR count). The van der Waals surface area contributed by atoms with Gasteiger partial charge >= 0.3 is 5.97 Å². The van der Waals surface area contributed by atoms with Crippen molar-refractivity contribution >= 4 is 5.97 Å². The van der Waals surface area contributed by atoms with E-state index in [0.717, 1.165) is 5.57 Å². The van der Waals surface area contributed by atoms with Gasteiger partial charge in [-0.3, -0.25) is 4.79 Å². The summed E-state index contributed by atoms with van der Waals surface area (Å²) < 4.78 is 4.50. The number of nitrogens with two attached hydrogens (primary N) is 1. The first-order chi connectivity index (χ1) is 5.11. The monoisotopic (exact) mass is 157 g/mol. The van der Waals surface area contributed by atoms with Gasteiger partial charge in [-0.2, -0.15) is 0 Å². The zero-order chi connectivity index (χ0) is 8.85. The van der Waals surface area contributed by atoms with Crippen LogP contribution in [0.2, 0.25) is 0 Å². The molecule has 0 bridgehead atoms. The Kier molecular flexibility index (Phi) is 4.54. The molecule has 0 aromatic carbocycles. The standard InChI is InChI=1S/C8H15NO2/c1-6(2)7(5-9)4-8(10)11-3/h7H,1,4-5,9H2,2-3H3. The van der Waals surface area contributed by atoms with Crippen LogP contribution in [0.3, 0.4) is 0 Å². The fraction of sp³-hybridized carbons (Fsp3) is 0.625. The quantitative estimate of drug-likeness (QED) is 0.482. The minimum atomic E-state index is -0.233. The second-order valence-electron chi connectivity index (χ2n) is 2.56. The lowest BCUT2D eigenvalue weighted by Crippen LogP contribution is -2.19. The first kappa shape index (κ1) is 10.2. The summed E-state index contributed by atoms with van der Waals surface area (Å²) in [6.07, 6.45) is 0.336. The third-order valence-electron chi connectivity index (χ3n) is 1.62. The Balaban J connectivity index is 3.88. The third-order valence-corrected chi connectivity index (χ3v) is 1.62. The van der Waals surface area contributed by atoms with E-state index in [0.29, 0.717) is 13.0 Å². The number of hydrogen-bond acceptors (Lipinski definition) is 3. The van der Waals surface area contributed by atoms with E-state index in [2.05, 4.69) is 11.3 Å². The molecule has 0 aliphatic rings. The molecule has 0 spiro atoms. The zero-order valence-electron chi connectivity index (χ0n) is 7.09. The van der Waals surface area contributed by atoms with Gasteiger partial charge in [-0.1, -0.05) is 12.2 Å². The fourth-order valence-corrected chi connectivity index (χ4v) is 0.743. The van der Waals surface area contributed by atoms with Crippen molar-refractivity contribution in [2.75, 3.05) is 13.7 Å². The van der Waals surface area contributed by atoms with Crippen molar-refractivity contribution in [3.63, 3.8) is 0 Å². The van der Waals surface area contributed by atoms with Crippen LogP contribution < -0.4 is 5.73 Å². The second-order valence-corrected chi connectivity index (χ2v) is 2.56. The molecule has 0 amide bonds. The normalized spacial score (nSPS) is 12.3. The van der Waals surface area contributed by atoms with Crippen LogP contribution in [0, 0.1) is 5.92 Å². The lowest BCUT2D eigenvalue weighted by molar-refractivity contribution is -0.141. The summed E-state index contributed by atoms with van der Waals surface area (Å²) in [7, 11) is 1.37. The Hall–Kier alpha value is -0.830. The highest BCUT2D eigenvalue weighted by Gasteiger charge is 2.12. The molecule has 0 aromatic heterocycles. The van der Waals surface area contributed by atoms with Crippen molar-refractivity contribution in [3.05, 3.63) is 12.2 Å². The number of methoxy groups -OCH3 is 1. The number of carbonyl (C=O) groups excluding carboxylic acids is 1. The average Bonchev–Trinajstić information content (AvgIpc) is 1.99. The van der Waals surface area contributed by atoms with Crippen LogP contribution >= 0.6 is 0 Å². The van der Waals surface area contributed by atoms with Gasteiger partial charge < -0.3 is 10.5 Å². The van der Waals surface area contributed by atoms with Crippen molar-refractivity contribution < 1.29 is 9.53 Å². The third kappa shape index (κ3) is 3.78. The molecule has 0 saturated heterocycles. The van der Waals surface area contributed by atoms with Crippen molar-refractivity contribution in [3.8, 4) is 0 Å². The molecule has 11 heavy (non-hydrogen) atoms. The van der Waals surface area contributed by atoms with Gasteiger partial charge in [-0.25, -0.2) is 0 Å². The average molecular weight is 157 g/mol. The Morgan fingerprint density at radius 2 is 2.27 bits per heavy atom. The van der Waals surface area contributed by atoms with E-state index >= 15 is 0 Å². The van der Waals surface area contributed by atoms with Gasteiger partial charge in [0, 0.05) is 5.92 Å². The van der Waals surface area contributed by atoms with Crippen LogP contribution in [0.25, 0.3) is 0 Å². The maximum absolute atomic E-state index is 10.8. The topological polar surface area (TPSA) is 52.3 Å². The smallest absolute Gasteiger partial charge is 0.306 e. The maximum atomic E-state index is 10.8. The van der Waals surface area contributed by atoms with E-state index in [-0.39, 0.29) is 11.9 Å². The summed E-state index contributed by atoms with van der Waals surface area (Å²) in [5.74, 6) is -0.175. The number of rotatable bonds is 4. The SMILES string of the molecule is C=C(C)C(CN)CC(=O)OC. The van der Waals surface area contributed by atoms with E-state index in [4.69, 9.17) is 5.73 Å². The molecule has 3 heteroatoms. The highest BCUT2D eigenvalue weighted by Crippen LogP contribution is 2.11. The summed E-state index contributed by atoms with van der Waals surface area (Å²) in [4.78, 5) is 10.8. The largest absolute Gasteiger partial charge is 0.469 e. The molecule has 1 unspecified atom stereocenters. The molecular weight excluding hydrogens is 142 g/mol. The Morgan fingerprint density at radius 3 is 2.55 bits per heavy atom. The summed E-state index contributed by atoms with van der Waals surface area (Å²) in [5, 5.41) is 0. The van der Waals surface area contributed by atoms with Crippen molar-refractivity contribution in [2.45, 2.75) is 13.3 Å². The molecule has 0 aliphatic heterocycles. The molecule has 0 aliphatic carbocycles. The summed E-state index contributed by atoms with van der Waals surface area (Å²) >= 11 is 0. The molecule has 0 aromatic rings. The predicted molar refractivity (Wildman–Crippen MR) is 44.0 cm³/mol. The van der Waals surface area contributed by atoms with Crippen molar-refractivity contribution in [1.29, 1.82) is 0 Å². The van der Waals surface area contributed by atoms with E-state index < -0.39 is 0 Å². The molecular formula is C8H15NO2. The molecule has 3 nitrogen and oxygen atoms in total. The van der Waals surface area contributed by atoms with Crippen LogP contribution in [-0.4, -0.2) is 19.6 Å². The lowest BCUT2D eigenvalue weighted by Gasteiger charge is -2.11. The van der Waals surface area contributed by atoms with Crippen LogP contribution in [-0.2, 0) is 9.53 Å². The molecule has 2 N–H and O–H groups in total. The number of hydrogen-bond donors (Lipinski definition) is 1. The number of esters is 1. The fourth-order valence-electron chi connectivity index (χ4n) is 0.743. The molecule has 64 valence electrons. The first-order valence-electron chi connectivity index (χ1n) is 3.54. The highest BCUT2D eigenvalue weighted by atomic mass is 16.5. The van der Waals surface area contributed by atoms with E-state index in [1.807, 2.05) is 6.92 Å². The van der Waals surface area contributed by atoms with Gasteiger partial charge in [0.2, 0.25) is 0 Å². The van der Waals surface area contributed by atoms with Crippen molar-refractivity contribution in [2.24, 2.45) is 11.7 Å². The molecule has 1 atom stereocenters. The van der Waals surface area contributed by atoms with E-state index in [1.165, 1.54) is 7.11 Å². The molecule has 0 heterocycles. The van der Waals surface area contributed by atoms with Gasteiger partial charge in [0.25, 0.3) is 0 Å². The van der Waals surface area contributed by atoms with Crippen molar-refractivity contribution in [1.82, 2.24) is 0 Å². The highest BCUT2D eigenvalue weighted by molar-refractivity contribution is 5.69. The Labute approximate surface area is 67.2 Å². The van der Waals surface area contributed by atoms with E-state index in [1.54, 1.807) is 0 Å². The summed E-state index contributed by atoms with van der Waals surface area (Å²) in [6, 6.07) is 0.